The lowest BCUT2D eigenvalue weighted by molar-refractivity contribution is -0.139. The molecular formula is C25H25N3O4S. The van der Waals surface area contributed by atoms with E-state index >= 15 is 0 Å². The van der Waals surface area contributed by atoms with E-state index in [0.29, 0.717) is 33.3 Å². The number of hydrogen-bond donors (Lipinski definition) is 2. The van der Waals surface area contributed by atoms with E-state index in [9.17, 15) is 14.9 Å². The molecule has 2 N–H and O–H groups in total. The van der Waals surface area contributed by atoms with Crippen molar-refractivity contribution >= 4 is 29.3 Å². The van der Waals surface area contributed by atoms with Crippen molar-refractivity contribution in [3.63, 3.8) is 0 Å². The number of anilines is 1. The molecule has 0 saturated heterocycles. The van der Waals surface area contributed by atoms with Gasteiger partial charge in [-0.2, -0.15) is 5.26 Å². The Kier molecular flexibility index (Phi) is 8.17. The fourth-order valence-corrected chi connectivity index (χ4v) is 4.47. The standard InChI is InChI=1S/C25H25N3O4S/c1-4-32-21(29)15-33-25-18(14-26)23(17-10-6-5-7-11-17)22(16(2)27-25)24(30)28-19-12-8-9-13-20(19)31-3/h5-13,23,27H,4,15H2,1-3H3,(H,28,30)/t23-/m0/s1. The van der Waals surface area contributed by atoms with Crippen molar-refractivity contribution in [1.29, 1.82) is 5.26 Å². The van der Waals surface area contributed by atoms with Crippen LogP contribution < -0.4 is 15.4 Å². The number of carbonyl (C=O) groups excluding carboxylic acids is 2. The topological polar surface area (TPSA) is 100 Å². The number of esters is 1. The molecule has 170 valence electrons. The number of allylic oxidation sites excluding steroid dienone is 2. The third-order valence-electron chi connectivity index (χ3n) is 5.02. The number of nitriles is 1. The van der Waals surface area contributed by atoms with Gasteiger partial charge in [0.25, 0.3) is 5.91 Å². The van der Waals surface area contributed by atoms with Gasteiger partial charge in [0.15, 0.2) is 0 Å². The van der Waals surface area contributed by atoms with E-state index in [-0.39, 0.29) is 24.2 Å². The fourth-order valence-electron chi connectivity index (χ4n) is 3.58. The Bertz CT molecular complexity index is 1140. The van der Waals surface area contributed by atoms with E-state index < -0.39 is 5.92 Å². The van der Waals surface area contributed by atoms with Crippen LogP contribution in [0.2, 0.25) is 0 Å². The normalized spacial score (nSPS) is 15.4. The average molecular weight is 464 g/mol. The van der Waals surface area contributed by atoms with Crippen LogP contribution in [-0.2, 0) is 14.3 Å². The molecule has 7 nitrogen and oxygen atoms in total. The van der Waals surface area contributed by atoms with Gasteiger partial charge in [0.05, 0.1) is 47.7 Å². The molecule has 0 aliphatic carbocycles. The van der Waals surface area contributed by atoms with Crippen molar-refractivity contribution < 1.29 is 19.1 Å². The molecule has 1 amide bonds. The predicted octanol–water partition coefficient (Wildman–Crippen LogP) is 4.33. The number of carbonyl (C=O) groups is 2. The Hall–Kier alpha value is -3.70. The Labute approximate surface area is 197 Å². The lowest BCUT2D eigenvalue weighted by Crippen LogP contribution is -2.31. The summed E-state index contributed by atoms with van der Waals surface area (Å²) >= 11 is 1.19. The smallest absolute Gasteiger partial charge is 0.316 e. The molecule has 0 fully saturated rings. The van der Waals surface area contributed by atoms with Crippen LogP contribution in [0.25, 0.3) is 0 Å². The summed E-state index contributed by atoms with van der Waals surface area (Å²) in [6.45, 7) is 3.81. The summed E-state index contributed by atoms with van der Waals surface area (Å²) in [6, 6.07) is 18.8. The molecule has 0 aromatic heterocycles. The number of nitrogens with one attached hydrogen (secondary N) is 2. The first-order valence-electron chi connectivity index (χ1n) is 10.4. The second-order valence-corrected chi connectivity index (χ2v) is 8.10. The van der Waals surface area contributed by atoms with Crippen LogP contribution in [-0.4, -0.2) is 31.3 Å². The Morgan fingerprint density at radius 3 is 2.52 bits per heavy atom. The minimum absolute atomic E-state index is 0.0545. The quantitative estimate of drug-likeness (QED) is 0.562. The van der Waals surface area contributed by atoms with Gasteiger partial charge in [0, 0.05) is 11.3 Å². The van der Waals surface area contributed by atoms with Crippen molar-refractivity contribution in [2.24, 2.45) is 0 Å². The monoisotopic (exact) mass is 463 g/mol. The number of thioether (sulfide) groups is 1. The number of amides is 1. The predicted molar refractivity (Wildman–Crippen MR) is 128 cm³/mol. The molecule has 0 unspecified atom stereocenters. The van der Waals surface area contributed by atoms with E-state index in [4.69, 9.17) is 9.47 Å². The molecule has 0 bridgehead atoms. The molecule has 8 heteroatoms. The third kappa shape index (κ3) is 5.57. The van der Waals surface area contributed by atoms with Gasteiger partial charge in [-0.3, -0.25) is 9.59 Å². The van der Waals surface area contributed by atoms with Crippen LogP contribution in [0, 0.1) is 11.3 Å². The molecule has 2 aromatic carbocycles. The zero-order valence-electron chi connectivity index (χ0n) is 18.7. The van der Waals surface area contributed by atoms with E-state index in [1.807, 2.05) is 36.4 Å². The first-order chi connectivity index (χ1) is 16.0. The number of benzene rings is 2. The molecular weight excluding hydrogens is 438 g/mol. The fraction of sp³-hybridized carbons (Fsp3) is 0.240. The highest BCUT2D eigenvalue weighted by atomic mass is 32.2. The summed E-state index contributed by atoms with van der Waals surface area (Å²) < 4.78 is 10.4. The first-order valence-corrected chi connectivity index (χ1v) is 11.4. The number of methoxy groups -OCH3 is 1. The largest absolute Gasteiger partial charge is 0.495 e. The lowest BCUT2D eigenvalue weighted by atomic mass is 9.82. The van der Waals surface area contributed by atoms with Crippen molar-refractivity contribution in [2.75, 3.05) is 24.8 Å². The average Bonchev–Trinajstić information content (AvgIpc) is 2.83. The first kappa shape index (κ1) is 24.0. The van der Waals surface area contributed by atoms with Gasteiger partial charge in [-0.1, -0.05) is 54.2 Å². The molecule has 1 aliphatic heterocycles. The van der Waals surface area contributed by atoms with Crippen LogP contribution in [0.5, 0.6) is 5.75 Å². The van der Waals surface area contributed by atoms with E-state index in [1.165, 1.54) is 18.9 Å². The maximum atomic E-state index is 13.5. The maximum Gasteiger partial charge on any atom is 0.316 e. The van der Waals surface area contributed by atoms with Gasteiger partial charge in [0.2, 0.25) is 0 Å². The van der Waals surface area contributed by atoms with Gasteiger partial charge >= 0.3 is 5.97 Å². The second kappa shape index (κ2) is 11.2. The molecule has 1 atom stereocenters. The van der Waals surface area contributed by atoms with Gasteiger partial charge < -0.3 is 20.1 Å². The number of rotatable bonds is 8. The van der Waals surface area contributed by atoms with Crippen LogP contribution in [0.4, 0.5) is 5.69 Å². The maximum absolute atomic E-state index is 13.5. The number of nitrogens with zero attached hydrogens (tertiary/aromatic N) is 1. The van der Waals surface area contributed by atoms with Crippen LogP contribution in [0.1, 0.15) is 25.3 Å². The third-order valence-corrected chi connectivity index (χ3v) is 6.01. The van der Waals surface area contributed by atoms with Gasteiger partial charge in [-0.25, -0.2) is 0 Å². The molecule has 33 heavy (non-hydrogen) atoms. The summed E-state index contributed by atoms with van der Waals surface area (Å²) in [7, 11) is 1.54. The Morgan fingerprint density at radius 1 is 1.15 bits per heavy atom. The number of hydrogen-bond acceptors (Lipinski definition) is 7. The second-order valence-electron chi connectivity index (χ2n) is 7.11. The van der Waals surface area contributed by atoms with Gasteiger partial charge in [0.1, 0.15) is 5.75 Å². The summed E-state index contributed by atoms with van der Waals surface area (Å²) in [5.74, 6) is -0.728. The molecule has 2 aromatic rings. The summed E-state index contributed by atoms with van der Waals surface area (Å²) in [4.78, 5) is 25.4. The minimum Gasteiger partial charge on any atom is -0.495 e. The number of ether oxygens (including phenoxy) is 2. The summed E-state index contributed by atoms with van der Waals surface area (Å²) in [6.07, 6.45) is 0. The van der Waals surface area contributed by atoms with Gasteiger partial charge in [-0.05, 0) is 31.5 Å². The van der Waals surface area contributed by atoms with Crippen molar-refractivity contribution in [3.05, 3.63) is 82.0 Å². The zero-order chi connectivity index (χ0) is 23.8. The minimum atomic E-state index is -0.600. The van der Waals surface area contributed by atoms with Crippen LogP contribution in [0.15, 0.2) is 76.5 Å². The summed E-state index contributed by atoms with van der Waals surface area (Å²) in [5, 5.41) is 16.7. The molecule has 0 saturated carbocycles. The van der Waals surface area contributed by atoms with Crippen LogP contribution >= 0.6 is 11.8 Å². The molecule has 0 radical (unpaired) electrons. The van der Waals surface area contributed by atoms with E-state index in [1.54, 1.807) is 32.0 Å². The SMILES string of the molecule is CCOC(=O)CSC1=C(C#N)[C@H](c2ccccc2)C(C(=O)Nc2ccccc2OC)=C(C)N1. The zero-order valence-corrected chi connectivity index (χ0v) is 19.5. The number of para-hydroxylation sites is 2. The highest BCUT2D eigenvalue weighted by Gasteiger charge is 2.35. The highest BCUT2D eigenvalue weighted by Crippen LogP contribution is 2.41. The Morgan fingerprint density at radius 2 is 1.85 bits per heavy atom. The molecule has 0 spiro atoms. The lowest BCUT2D eigenvalue weighted by Gasteiger charge is -2.30. The summed E-state index contributed by atoms with van der Waals surface area (Å²) in [5.41, 5.74) is 2.72. The van der Waals surface area contributed by atoms with Gasteiger partial charge in [-0.15, -0.1) is 0 Å². The molecule has 3 rings (SSSR count). The van der Waals surface area contributed by atoms with Crippen LogP contribution in [0.3, 0.4) is 0 Å². The van der Waals surface area contributed by atoms with Crippen molar-refractivity contribution in [3.8, 4) is 11.8 Å². The Balaban J connectivity index is 2.00. The highest BCUT2D eigenvalue weighted by molar-refractivity contribution is 8.03. The number of dihydropyridines is 1. The van der Waals surface area contributed by atoms with E-state index in [2.05, 4.69) is 16.7 Å². The van der Waals surface area contributed by atoms with Crippen molar-refractivity contribution in [1.82, 2.24) is 5.32 Å². The molecule has 1 aliphatic rings. The van der Waals surface area contributed by atoms with E-state index in [0.717, 1.165) is 5.56 Å². The molecule has 1 heterocycles. The van der Waals surface area contributed by atoms with Crippen molar-refractivity contribution in [2.45, 2.75) is 19.8 Å².